The van der Waals surface area contributed by atoms with Gasteiger partial charge in [0.05, 0.1) is 18.9 Å². The highest BCUT2D eigenvalue weighted by Gasteiger charge is 2.14. The van der Waals surface area contributed by atoms with E-state index in [1.54, 1.807) is 6.07 Å². The number of carbonyl (C=O) groups excluding carboxylic acids is 1. The highest BCUT2D eigenvalue weighted by Crippen LogP contribution is 2.26. The van der Waals surface area contributed by atoms with E-state index >= 15 is 0 Å². The van der Waals surface area contributed by atoms with Crippen LogP contribution in [-0.4, -0.2) is 43.3 Å². The van der Waals surface area contributed by atoms with E-state index in [4.69, 9.17) is 15.2 Å². The molecule has 0 aliphatic carbocycles. The van der Waals surface area contributed by atoms with Crippen LogP contribution in [0.3, 0.4) is 0 Å². The molecule has 108 valence electrons. The summed E-state index contributed by atoms with van der Waals surface area (Å²) in [4.78, 5) is 17.2. The first-order chi connectivity index (χ1) is 9.56. The highest BCUT2D eigenvalue weighted by atomic mass is 16.6. The largest absolute Gasteiger partial charge is 0.411 e. The van der Waals surface area contributed by atoms with Gasteiger partial charge >= 0.3 is 6.09 Å². The summed E-state index contributed by atoms with van der Waals surface area (Å²) in [5, 5.41) is 0. The predicted molar refractivity (Wildman–Crippen MR) is 75.3 cm³/mol. The van der Waals surface area contributed by atoms with E-state index < -0.39 is 6.09 Å². The third kappa shape index (κ3) is 3.79. The molecule has 0 fully saturated rings. The molecule has 1 aliphatic rings. The maximum Gasteiger partial charge on any atom is 0.411 e. The van der Waals surface area contributed by atoms with Crippen LogP contribution >= 0.6 is 0 Å². The number of aromatic nitrogens is 1. The molecule has 1 aliphatic heterocycles. The number of amides is 1. The lowest BCUT2D eigenvalue weighted by atomic mass is 9.99. The van der Waals surface area contributed by atoms with Crippen molar-refractivity contribution < 1.29 is 14.3 Å². The molecule has 1 aromatic rings. The van der Waals surface area contributed by atoms with Crippen LogP contribution in [0.1, 0.15) is 17.7 Å². The van der Waals surface area contributed by atoms with E-state index in [2.05, 4.69) is 11.1 Å². The Morgan fingerprint density at radius 3 is 2.90 bits per heavy atom. The number of hydrogen-bond donors (Lipinski definition) is 1. The van der Waals surface area contributed by atoms with E-state index in [9.17, 15) is 4.79 Å². The molecule has 2 rings (SSSR count). The first kappa shape index (κ1) is 14.5. The minimum absolute atomic E-state index is 0.228. The van der Waals surface area contributed by atoms with Crippen LogP contribution in [0.15, 0.2) is 18.2 Å². The number of ether oxygens (including phenoxy) is 2. The zero-order chi connectivity index (χ0) is 14.5. The lowest BCUT2D eigenvalue weighted by Crippen LogP contribution is -2.19. The monoisotopic (exact) mass is 277 g/mol. The van der Waals surface area contributed by atoms with E-state index in [0.29, 0.717) is 19.8 Å². The van der Waals surface area contributed by atoms with Gasteiger partial charge in [0, 0.05) is 18.2 Å². The van der Waals surface area contributed by atoms with Crippen molar-refractivity contribution in [1.82, 2.24) is 9.88 Å². The molecule has 0 aromatic carbocycles. The number of rotatable bonds is 4. The van der Waals surface area contributed by atoms with Crippen molar-refractivity contribution in [2.75, 3.05) is 27.3 Å². The molecule has 0 bridgehead atoms. The Morgan fingerprint density at radius 2 is 2.30 bits per heavy atom. The number of nitrogens with zero attached hydrogens (tertiary/aromatic N) is 2. The molecule has 2 N–H and O–H groups in total. The van der Waals surface area contributed by atoms with Crippen LogP contribution in [0.4, 0.5) is 4.79 Å². The van der Waals surface area contributed by atoms with Crippen molar-refractivity contribution in [3.8, 4) is 5.88 Å². The van der Waals surface area contributed by atoms with Crippen molar-refractivity contribution in [3.63, 3.8) is 0 Å². The van der Waals surface area contributed by atoms with Crippen LogP contribution in [0.5, 0.6) is 5.88 Å². The Bertz CT molecular complexity index is 526. The van der Waals surface area contributed by atoms with E-state index in [1.165, 1.54) is 5.57 Å². The van der Waals surface area contributed by atoms with Crippen LogP contribution in [0, 0.1) is 0 Å². The van der Waals surface area contributed by atoms with Crippen LogP contribution < -0.4 is 10.5 Å². The predicted octanol–water partition coefficient (Wildman–Crippen LogP) is 1.40. The third-order valence-electron chi connectivity index (χ3n) is 2.93. The molecule has 0 unspecified atom stereocenters. The summed E-state index contributed by atoms with van der Waals surface area (Å²) in [5.74, 6) is 0.228. The van der Waals surface area contributed by atoms with E-state index in [1.807, 2.05) is 25.1 Å². The second-order valence-corrected chi connectivity index (χ2v) is 4.86. The summed E-state index contributed by atoms with van der Waals surface area (Å²) in [6, 6.07) is 3.58. The lowest BCUT2D eigenvalue weighted by Gasteiger charge is -2.19. The third-order valence-corrected chi connectivity index (χ3v) is 2.93. The smallest absolute Gasteiger partial charge is 0.391 e. The first-order valence-corrected chi connectivity index (χ1v) is 6.45. The maximum atomic E-state index is 10.8. The minimum atomic E-state index is -0.855. The fourth-order valence-corrected chi connectivity index (χ4v) is 2.13. The van der Waals surface area contributed by atoms with Crippen LogP contribution in [-0.2, 0) is 11.3 Å². The van der Waals surface area contributed by atoms with Gasteiger partial charge in [-0.2, -0.15) is 0 Å². The van der Waals surface area contributed by atoms with Gasteiger partial charge in [-0.1, -0.05) is 6.08 Å². The minimum Gasteiger partial charge on any atom is -0.391 e. The number of pyridine rings is 1. The molecular formula is C14H19N3O3. The lowest BCUT2D eigenvalue weighted by molar-refractivity contribution is 0.161. The zero-order valence-electron chi connectivity index (χ0n) is 11.8. The van der Waals surface area contributed by atoms with Crippen molar-refractivity contribution in [3.05, 3.63) is 29.5 Å². The van der Waals surface area contributed by atoms with Gasteiger partial charge in [-0.25, -0.2) is 9.78 Å². The number of hydrogen-bond acceptors (Lipinski definition) is 5. The van der Waals surface area contributed by atoms with Gasteiger partial charge in [0.25, 0.3) is 0 Å². The molecule has 6 nitrogen and oxygen atoms in total. The SMILES string of the molecule is CN(C)Cc1nc(OC(N)=O)ccc1C1=CCOCC1. The summed E-state index contributed by atoms with van der Waals surface area (Å²) in [6.45, 7) is 1.99. The molecule has 0 saturated carbocycles. The van der Waals surface area contributed by atoms with Gasteiger partial charge in [-0.05, 0) is 32.2 Å². The van der Waals surface area contributed by atoms with Gasteiger partial charge in [-0.15, -0.1) is 0 Å². The standard InChI is InChI=1S/C14H19N3O3/c1-17(2)9-12-11(10-5-7-19-8-6-10)3-4-13(16-12)20-14(15)18/h3-5H,6-9H2,1-2H3,(H2,15,18). The van der Waals surface area contributed by atoms with Gasteiger partial charge in [0.15, 0.2) is 0 Å². The molecule has 0 radical (unpaired) electrons. The summed E-state index contributed by atoms with van der Waals surface area (Å²) in [7, 11) is 3.93. The zero-order valence-corrected chi connectivity index (χ0v) is 11.8. The topological polar surface area (TPSA) is 77.7 Å². The Kier molecular flexibility index (Phi) is 4.70. The fraction of sp³-hybridized carbons (Fsp3) is 0.429. The quantitative estimate of drug-likeness (QED) is 0.900. The summed E-state index contributed by atoms with van der Waals surface area (Å²) >= 11 is 0. The van der Waals surface area contributed by atoms with Crippen LogP contribution in [0.2, 0.25) is 0 Å². The maximum absolute atomic E-state index is 10.8. The molecule has 20 heavy (non-hydrogen) atoms. The Hall–Kier alpha value is -1.92. The fourth-order valence-electron chi connectivity index (χ4n) is 2.13. The molecule has 0 atom stereocenters. The second kappa shape index (κ2) is 6.49. The van der Waals surface area contributed by atoms with Gasteiger partial charge < -0.3 is 20.1 Å². The molecular weight excluding hydrogens is 258 g/mol. The average Bonchev–Trinajstić information content (AvgIpc) is 2.38. The molecule has 0 spiro atoms. The summed E-state index contributed by atoms with van der Waals surface area (Å²) < 4.78 is 10.2. The van der Waals surface area contributed by atoms with Crippen molar-refractivity contribution in [2.24, 2.45) is 5.73 Å². The van der Waals surface area contributed by atoms with Gasteiger partial charge in [-0.3, -0.25) is 0 Å². The molecule has 6 heteroatoms. The van der Waals surface area contributed by atoms with E-state index in [-0.39, 0.29) is 5.88 Å². The van der Waals surface area contributed by atoms with Crippen molar-refractivity contribution >= 4 is 11.7 Å². The number of carbonyl (C=O) groups is 1. The second-order valence-electron chi connectivity index (χ2n) is 4.86. The molecule has 0 saturated heterocycles. The van der Waals surface area contributed by atoms with Gasteiger partial charge in [0.1, 0.15) is 0 Å². The van der Waals surface area contributed by atoms with Gasteiger partial charge in [0.2, 0.25) is 5.88 Å². The average molecular weight is 277 g/mol. The Labute approximate surface area is 118 Å². The molecule has 2 heterocycles. The van der Waals surface area contributed by atoms with Crippen molar-refractivity contribution in [2.45, 2.75) is 13.0 Å². The van der Waals surface area contributed by atoms with E-state index in [0.717, 1.165) is 17.7 Å². The molecule has 1 aromatic heterocycles. The normalized spacial score (nSPS) is 15.1. The van der Waals surface area contributed by atoms with Crippen molar-refractivity contribution in [1.29, 1.82) is 0 Å². The summed E-state index contributed by atoms with van der Waals surface area (Å²) in [6.07, 6.45) is 2.07. The summed E-state index contributed by atoms with van der Waals surface area (Å²) in [5.41, 5.74) is 8.16. The number of nitrogens with two attached hydrogens (primary N) is 1. The highest BCUT2D eigenvalue weighted by molar-refractivity contribution is 5.70. The van der Waals surface area contributed by atoms with Crippen LogP contribution in [0.25, 0.3) is 5.57 Å². The Morgan fingerprint density at radius 1 is 1.50 bits per heavy atom. The first-order valence-electron chi connectivity index (χ1n) is 6.45. The Balaban J connectivity index is 2.34. The molecule has 1 amide bonds. The number of primary amides is 1.